The molecule has 0 aromatic heterocycles. The number of piperidine rings is 1. The van der Waals surface area contributed by atoms with Crippen LogP contribution in [-0.4, -0.2) is 25.9 Å². The fourth-order valence-corrected chi connectivity index (χ4v) is 2.95. The largest absolute Gasteiger partial charge is 0.454 e. The van der Waals surface area contributed by atoms with Gasteiger partial charge in [-0.05, 0) is 56.0 Å². The molecule has 3 rings (SSSR count). The van der Waals surface area contributed by atoms with E-state index in [9.17, 15) is 0 Å². The summed E-state index contributed by atoms with van der Waals surface area (Å²) in [5, 5.41) is 3.50. The smallest absolute Gasteiger partial charge is 0.231 e. The fraction of sp³-hybridized carbons (Fsp3) is 0.571. The zero-order chi connectivity index (χ0) is 12.5. The predicted octanol–water partition coefficient (Wildman–Crippen LogP) is 1.46. The lowest BCUT2D eigenvalue weighted by Crippen LogP contribution is -2.44. The van der Waals surface area contributed by atoms with Crippen molar-refractivity contribution in [3.63, 3.8) is 0 Å². The molecule has 0 amide bonds. The lowest BCUT2D eigenvalue weighted by atomic mass is 9.79. The van der Waals surface area contributed by atoms with Gasteiger partial charge < -0.3 is 20.5 Å². The van der Waals surface area contributed by atoms with Crippen LogP contribution in [0.25, 0.3) is 0 Å². The van der Waals surface area contributed by atoms with Crippen LogP contribution in [0.15, 0.2) is 18.2 Å². The van der Waals surface area contributed by atoms with Gasteiger partial charge in [-0.1, -0.05) is 6.07 Å². The minimum Gasteiger partial charge on any atom is -0.454 e. The Morgan fingerprint density at radius 3 is 3.00 bits per heavy atom. The molecule has 3 N–H and O–H groups in total. The number of nitrogens with two attached hydrogens (primary N) is 1. The summed E-state index contributed by atoms with van der Waals surface area (Å²) in [6.45, 7) is 4.28. The van der Waals surface area contributed by atoms with Crippen LogP contribution in [0.5, 0.6) is 11.5 Å². The van der Waals surface area contributed by atoms with Gasteiger partial charge >= 0.3 is 0 Å². The molecule has 1 aromatic carbocycles. The molecule has 0 aliphatic carbocycles. The summed E-state index contributed by atoms with van der Waals surface area (Å²) in [4.78, 5) is 0. The van der Waals surface area contributed by atoms with Gasteiger partial charge in [0.15, 0.2) is 11.5 Å². The van der Waals surface area contributed by atoms with E-state index in [1.54, 1.807) is 0 Å². The molecule has 3 unspecified atom stereocenters. The first kappa shape index (κ1) is 11.8. The number of benzene rings is 1. The first-order valence-corrected chi connectivity index (χ1v) is 6.61. The standard InChI is InChI=1S/C14H20N2O2/c1-9-4-12(11(6-15)7-16-9)10-2-3-13-14(5-10)18-8-17-13/h2-3,5,9,11-12,16H,4,6-8,15H2,1H3. The van der Waals surface area contributed by atoms with Gasteiger partial charge in [0.05, 0.1) is 0 Å². The van der Waals surface area contributed by atoms with Crippen molar-refractivity contribution in [1.82, 2.24) is 5.32 Å². The van der Waals surface area contributed by atoms with E-state index in [0.29, 0.717) is 24.7 Å². The highest BCUT2D eigenvalue weighted by Crippen LogP contribution is 2.38. The molecule has 3 atom stereocenters. The highest BCUT2D eigenvalue weighted by Gasteiger charge is 2.29. The van der Waals surface area contributed by atoms with Crippen LogP contribution in [0, 0.1) is 5.92 Å². The molecular formula is C14H20N2O2. The third-order valence-electron chi connectivity index (χ3n) is 4.03. The SMILES string of the molecule is CC1CC(c2ccc3c(c2)OCO3)C(CN)CN1. The fourth-order valence-electron chi connectivity index (χ4n) is 2.95. The molecule has 0 bridgehead atoms. The average Bonchev–Trinajstić information content (AvgIpc) is 2.85. The molecule has 0 saturated carbocycles. The molecule has 98 valence electrons. The molecule has 2 aliphatic heterocycles. The van der Waals surface area contributed by atoms with Crippen LogP contribution >= 0.6 is 0 Å². The van der Waals surface area contributed by atoms with E-state index in [1.807, 2.05) is 6.07 Å². The van der Waals surface area contributed by atoms with Crippen LogP contribution in [0.2, 0.25) is 0 Å². The van der Waals surface area contributed by atoms with Gasteiger partial charge in [0.2, 0.25) is 6.79 Å². The summed E-state index contributed by atoms with van der Waals surface area (Å²) >= 11 is 0. The minimum absolute atomic E-state index is 0.335. The van der Waals surface area contributed by atoms with E-state index in [4.69, 9.17) is 15.2 Å². The maximum absolute atomic E-state index is 5.89. The molecule has 1 aromatic rings. The van der Waals surface area contributed by atoms with Gasteiger partial charge in [-0.3, -0.25) is 0 Å². The third-order valence-corrected chi connectivity index (χ3v) is 4.03. The summed E-state index contributed by atoms with van der Waals surface area (Å²) < 4.78 is 10.8. The molecule has 4 nitrogen and oxygen atoms in total. The van der Waals surface area contributed by atoms with Crippen LogP contribution in [0.4, 0.5) is 0 Å². The molecule has 18 heavy (non-hydrogen) atoms. The minimum atomic E-state index is 0.335. The Bertz CT molecular complexity index is 436. The molecule has 1 saturated heterocycles. The maximum atomic E-state index is 5.89. The summed E-state index contributed by atoms with van der Waals surface area (Å²) in [6.07, 6.45) is 1.13. The van der Waals surface area contributed by atoms with Gasteiger partial charge in [-0.15, -0.1) is 0 Å². The van der Waals surface area contributed by atoms with Gasteiger partial charge in [0.1, 0.15) is 0 Å². The number of hydrogen-bond donors (Lipinski definition) is 2. The molecule has 0 spiro atoms. The second-order valence-electron chi connectivity index (χ2n) is 5.26. The monoisotopic (exact) mass is 248 g/mol. The zero-order valence-electron chi connectivity index (χ0n) is 10.7. The molecule has 2 heterocycles. The maximum Gasteiger partial charge on any atom is 0.231 e. The van der Waals surface area contributed by atoms with Gasteiger partial charge in [0.25, 0.3) is 0 Å². The van der Waals surface area contributed by atoms with Gasteiger partial charge in [-0.2, -0.15) is 0 Å². The Labute approximate surface area is 107 Å². The van der Waals surface area contributed by atoms with Gasteiger partial charge in [0, 0.05) is 6.04 Å². The van der Waals surface area contributed by atoms with Crippen LogP contribution in [0.1, 0.15) is 24.8 Å². The molecule has 2 aliphatic rings. The summed E-state index contributed by atoms with van der Waals surface area (Å²) in [5.41, 5.74) is 7.22. The number of rotatable bonds is 2. The van der Waals surface area contributed by atoms with Crippen molar-refractivity contribution in [2.24, 2.45) is 11.7 Å². The highest BCUT2D eigenvalue weighted by atomic mass is 16.7. The van der Waals surface area contributed by atoms with Crippen LogP contribution in [0.3, 0.4) is 0 Å². The molecule has 0 radical (unpaired) electrons. The Morgan fingerprint density at radius 1 is 1.33 bits per heavy atom. The van der Waals surface area contributed by atoms with Gasteiger partial charge in [-0.25, -0.2) is 0 Å². The summed E-state index contributed by atoms with van der Waals surface area (Å²) in [6, 6.07) is 6.83. The molecule has 4 heteroatoms. The Hall–Kier alpha value is -1.26. The van der Waals surface area contributed by atoms with Crippen LogP contribution < -0.4 is 20.5 Å². The second-order valence-corrected chi connectivity index (χ2v) is 5.26. The van der Waals surface area contributed by atoms with Crippen LogP contribution in [-0.2, 0) is 0 Å². The Balaban J connectivity index is 1.87. The van der Waals surface area contributed by atoms with Crippen molar-refractivity contribution in [2.75, 3.05) is 19.9 Å². The number of fused-ring (bicyclic) bond motifs is 1. The number of ether oxygens (including phenoxy) is 2. The lowest BCUT2D eigenvalue weighted by Gasteiger charge is -2.35. The Kier molecular flexibility index (Phi) is 3.14. The van der Waals surface area contributed by atoms with Crippen molar-refractivity contribution >= 4 is 0 Å². The van der Waals surface area contributed by atoms with E-state index in [0.717, 1.165) is 31.0 Å². The second kappa shape index (κ2) is 4.78. The van der Waals surface area contributed by atoms with E-state index >= 15 is 0 Å². The van der Waals surface area contributed by atoms with Crippen molar-refractivity contribution in [3.05, 3.63) is 23.8 Å². The van der Waals surface area contributed by atoms with E-state index in [-0.39, 0.29) is 0 Å². The molecular weight excluding hydrogens is 228 g/mol. The van der Waals surface area contributed by atoms with E-state index < -0.39 is 0 Å². The number of hydrogen-bond acceptors (Lipinski definition) is 4. The summed E-state index contributed by atoms with van der Waals surface area (Å²) in [7, 11) is 0. The first-order valence-electron chi connectivity index (χ1n) is 6.61. The van der Waals surface area contributed by atoms with Crippen molar-refractivity contribution in [1.29, 1.82) is 0 Å². The van der Waals surface area contributed by atoms with E-state index in [1.165, 1.54) is 5.56 Å². The highest BCUT2D eigenvalue weighted by molar-refractivity contribution is 5.45. The number of nitrogens with one attached hydrogen (secondary N) is 1. The molecule has 1 fully saturated rings. The predicted molar refractivity (Wildman–Crippen MR) is 69.9 cm³/mol. The summed E-state index contributed by atoms with van der Waals surface area (Å²) in [5.74, 6) is 2.74. The Morgan fingerprint density at radius 2 is 2.17 bits per heavy atom. The first-order chi connectivity index (χ1) is 8.78. The lowest BCUT2D eigenvalue weighted by molar-refractivity contribution is 0.174. The third kappa shape index (κ3) is 2.06. The van der Waals surface area contributed by atoms with Crippen molar-refractivity contribution in [3.8, 4) is 11.5 Å². The van der Waals surface area contributed by atoms with E-state index in [2.05, 4.69) is 24.4 Å². The van der Waals surface area contributed by atoms with Crippen molar-refractivity contribution in [2.45, 2.75) is 25.3 Å². The van der Waals surface area contributed by atoms with Crippen molar-refractivity contribution < 1.29 is 9.47 Å². The normalized spacial score (nSPS) is 30.4. The topological polar surface area (TPSA) is 56.5 Å². The zero-order valence-corrected chi connectivity index (χ0v) is 10.7. The quantitative estimate of drug-likeness (QED) is 0.832. The average molecular weight is 248 g/mol.